The summed E-state index contributed by atoms with van der Waals surface area (Å²) < 4.78 is 1.88. The largest absolute Gasteiger partial charge is 0.394 e. The van der Waals surface area contributed by atoms with E-state index in [0.717, 1.165) is 12.0 Å². The Morgan fingerprint density at radius 1 is 1.69 bits per heavy atom. The van der Waals surface area contributed by atoms with Crippen LogP contribution in [0.25, 0.3) is 0 Å². The van der Waals surface area contributed by atoms with E-state index in [1.807, 2.05) is 10.9 Å². The Hall–Kier alpha value is -0.870. The van der Waals surface area contributed by atoms with Crippen LogP contribution in [0.5, 0.6) is 0 Å². The molecule has 0 amide bonds. The van der Waals surface area contributed by atoms with Crippen LogP contribution in [-0.4, -0.2) is 21.5 Å². The van der Waals surface area contributed by atoms with Crippen molar-refractivity contribution in [2.24, 2.45) is 5.73 Å². The van der Waals surface area contributed by atoms with Gasteiger partial charge in [0.1, 0.15) is 0 Å². The number of aliphatic hydroxyl groups excluding tert-OH is 1. The van der Waals surface area contributed by atoms with Crippen molar-refractivity contribution in [3.05, 3.63) is 18.0 Å². The van der Waals surface area contributed by atoms with Gasteiger partial charge < -0.3 is 10.8 Å². The van der Waals surface area contributed by atoms with Crippen LogP contribution in [0, 0.1) is 0 Å². The first kappa shape index (κ1) is 10.2. The van der Waals surface area contributed by atoms with E-state index in [2.05, 4.69) is 18.9 Å². The minimum absolute atomic E-state index is 0.0355. The Morgan fingerprint density at radius 2 is 2.38 bits per heavy atom. The minimum Gasteiger partial charge on any atom is -0.394 e. The highest BCUT2D eigenvalue weighted by atomic mass is 16.3. The maximum Gasteiger partial charge on any atom is 0.0625 e. The first-order valence-corrected chi connectivity index (χ1v) is 4.59. The Bertz CT molecular complexity index is 235. The summed E-state index contributed by atoms with van der Waals surface area (Å²) in [5, 5.41) is 13.0. The van der Waals surface area contributed by atoms with Crippen molar-refractivity contribution in [3.8, 4) is 0 Å². The van der Waals surface area contributed by atoms with Crippen molar-refractivity contribution in [2.75, 3.05) is 6.61 Å². The molecule has 0 saturated carbocycles. The molecule has 1 aromatic rings. The smallest absolute Gasteiger partial charge is 0.0625 e. The molecule has 0 spiro atoms. The molecule has 4 heteroatoms. The Morgan fingerprint density at radius 3 is 2.92 bits per heavy atom. The summed E-state index contributed by atoms with van der Waals surface area (Å²) in [7, 11) is 0. The second kappa shape index (κ2) is 4.39. The third kappa shape index (κ3) is 2.29. The van der Waals surface area contributed by atoms with Gasteiger partial charge in [-0.15, -0.1) is 0 Å². The summed E-state index contributed by atoms with van der Waals surface area (Å²) in [6, 6.07) is 0.0810. The van der Waals surface area contributed by atoms with Crippen molar-refractivity contribution in [1.29, 1.82) is 0 Å². The van der Waals surface area contributed by atoms with Crippen LogP contribution in [0.4, 0.5) is 0 Å². The molecule has 0 saturated heterocycles. The van der Waals surface area contributed by atoms with E-state index in [1.54, 1.807) is 6.20 Å². The number of hydrogen-bond acceptors (Lipinski definition) is 3. The van der Waals surface area contributed by atoms with Gasteiger partial charge in [0.15, 0.2) is 0 Å². The van der Waals surface area contributed by atoms with Crippen molar-refractivity contribution in [1.82, 2.24) is 9.78 Å². The van der Waals surface area contributed by atoms with Crippen LogP contribution >= 0.6 is 0 Å². The van der Waals surface area contributed by atoms with Gasteiger partial charge >= 0.3 is 0 Å². The van der Waals surface area contributed by atoms with Gasteiger partial charge in [-0.25, -0.2) is 0 Å². The molecule has 2 atom stereocenters. The molecule has 0 aliphatic carbocycles. The third-order valence-electron chi connectivity index (χ3n) is 2.29. The summed E-state index contributed by atoms with van der Waals surface area (Å²) in [5.74, 6) is 0. The van der Waals surface area contributed by atoms with Gasteiger partial charge in [-0.2, -0.15) is 5.10 Å². The van der Waals surface area contributed by atoms with Gasteiger partial charge in [-0.05, 0) is 13.3 Å². The zero-order chi connectivity index (χ0) is 9.84. The van der Waals surface area contributed by atoms with E-state index in [1.165, 1.54) is 0 Å². The minimum atomic E-state index is -0.308. The molecule has 2 unspecified atom stereocenters. The molecule has 1 rings (SSSR count). The summed E-state index contributed by atoms with van der Waals surface area (Å²) in [5.41, 5.74) is 6.54. The first-order valence-electron chi connectivity index (χ1n) is 4.59. The average Bonchev–Trinajstić information content (AvgIpc) is 2.64. The maximum absolute atomic E-state index is 8.83. The third-order valence-corrected chi connectivity index (χ3v) is 2.29. The van der Waals surface area contributed by atoms with Gasteiger partial charge in [-0.3, -0.25) is 4.68 Å². The highest BCUT2D eigenvalue weighted by Gasteiger charge is 2.09. The molecular weight excluding hydrogens is 166 g/mol. The fourth-order valence-electron chi connectivity index (χ4n) is 1.08. The molecule has 74 valence electrons. The highest BCUT2D eigenvalue weighted by molar-refractivity contribution is 5.09. The van der Waals surface area contributed by atoms with Crippen LogP contribution in [0.2, 0.25) is 0 Å². The summed E-state index contributed by atoms with van der Waals surface area (Å²) in [6.45, 7) is 4.17. The van der Waals surface area contributed by atoms with Crippen LogP contribution in [-0.2, 0) is 0 Å². The second-order valence-corrected chi connectivity index (χ2v) is 3.30. The number of hydrogen-bond donors (Lipinski definition) is 2. The molecule has 0 radical (unpaired) electrons. The SMILES string of the molecule is CCC(C)n1cc(C(N)CO)cn1. The molecule has 0 bridgehead atoms. The van der Waals surface area contributed by atoms with E-state index >= 15 is 0 Å². The van der Waals surface area contributed by atoms with E-state index in [0.29, 0.717) is 6.04 Å². The van der Waals surface area contributed by atoms with Gasteiger partial charge in [0, 0.05) is 17.8 Å². The van der Waals surface area contributed by atoms with E-state index < -0.39 is 0 Å². The second-order valence-electron chi connectivity index (χ2n) is 3.30. The van der Waals surface area contributed by atoms with E-state index in [4.69, 9.17) is 10.8 Å². The lowest BCUT2D eigenvalue weighted by atomic mass is 10.2. The van der Waals surface area contributed by atoms with Crippen LogP contribution in [0.3, 0.4) is 0 Å². The lowest BCUT2D eigenvalue weighted by molar-refractivity contribution is 0.268. The topological polar surface area (TPSA) is 64.1 Å². The molecule has 1 aromatic heterocycles. The van der Waals surface area contributed by atoms with Gasteiger partial charge in [-0.1, -0.05) is 6.92 Å². The summed E-state index contributed by atoms with van der Waals surface area (Å²) >= 11 is 0. The predicted octanol–water partition coefficient (Wildman–Crippen LogP) is 0.846. The quantitative estimate of drug-likeness (QED) is 0.727. The number of aliphatic hydroxyl groups is 1. The molecule has 13 heavy (non-hydrogen) atoms. The van der Waals surface area contributed by atoms with Gasteiger partial charge in [0.05, 0.1) is 18.8 Å². The molecule has 1 heterocycles. The molecule has 0 aromatic carbocycles. The van der Waals surface area contributed by atoms with Crippen molar-refractivity contribution in [2.45, 2.75) is 32.4 Å². The molecule has 3 N–H and O–H groups in total. The van der Waals surface area contributed by atoms with Crippen LogP contribution in [0.15, 0.2) is 12.4 Å². The van der Waals surface area contributed by atoms with Crippen molar-refractivity contribution >= 4 is 0 Å². The zero-order valence-corrected chi connectivity index (χ0v) is 8.14. The lowest BCUT2D eigenvalue weighted by Crippen LogP contribution is -2.13. The van der Waals surface area contributed by atoms with E-state index in [-0.39, 0.29) is 12.6 Å². The fraction of sp³-hybridized carbons (Fsp3) is 0.667. The zero-order valence-electron chi connectivity index (χ0n) is 8.14. The molecular formula is C9H17N3O. The standard InChI is InChI=1S/C9H17N3O/c1-3-7(2)12-5-8(4-11-12)9(10)6-13/h4-5,7,9,13H,3,6,10H2,1-2H3. The number of aromatic nitrogens is 2. The summed E-state index contributed by atoms with van der Waals surface area (Å²) in [4.78, 5) is 0. The monoisotopic (exact) mass is 183 g/mol. The molecule has 4 nitrogen and oxygen atoms in total. The highest BCUT2D eigenvalue weighted by Crippen LogP contribution is 2.13. The average molecular weight is 183 g/mol. The summed E-state index contributed by atoms with van der Waals surface area (Å²) in [6.07, 6.45) is 4.65. The first-order chi connectivity index (χ1) is 6.19. The Labute approximate surface area is 78.4 Å². The fourth-order valence-corrected chi connectivity index (χ4v) is 1.08. The van der Waals surface area contributed by atoms with Crippen LogP contribution in [0.1, 0.15) is 37.9 Å². The predicted molar refractivity (Wildman–Crippen MR) is 51.2 cm³/mol. The lowest BCUT2D eigenvalue weighted by Gasteiger charge is -2.08. The normalized spacial score (nSPS) is 15.7. The van der Waals surface area contributed by atoms with Crippen molar-refractivity contribution in [3.63, 3.8) is 0 Å². The van der Waals surface area contributed by atoms with Crippen molar-refractivity contribution < 1.29 is 5.11 Å². The van der Waals surface area contributed by atoms with Crippen LogP contribution < -0.4 is 5.73 Å². The maximum atomic E-state index is 8.83. The Kier molecular flexibility index (Phi) is 3.45. The Balaban J connectivity index is 2.74. The number of rotatable bonds is 4. The molecule has 0 aliphatic rings. The van der Waals surface area contributed by atoms with Gasteiger partial charge in [0.25, 0.3) is 0 Å². The van der Waals surface area contributed by atoms with E-state index in [9.17, 15) is 0 Å². The number of nitrogens with zero attached hydrogens (tertiary/aromatic N) is 2. The number of nitrogens with two attached hydrogens (primary N) is 1. The van der Waals surface area contributed by atoms with Gasteiger partial charge in [0.2, 0.25) is 0 Å². The molecule has 0 fully saturated rings. The molecule has 0 aliphatic heterocycles.